The van der Waals surface area contributed by atoms with Crippen LogP contribution in [-0.2, 0) is 11.3 Å². The fourth-order valence-electron chi connectivity index (χ4n) is 5.21. The lowest BCUT2D eigenvalue weighted by molar-refractivity contribution is -0.0859. The molecule has 2 aromatic heterocycles. The minimum atomic E-state index is -3.09. The van der Waals surface area contributed by atoms with Gasteiger partial charge in [-0.3, -0.25) is 19.7 Å². The highest BCUT2D eigenvalue weighted by Crippen LogP contribution is 2.31. The predicted octanol–water partition coefficient (Wildman–Crippen LogP) is 6.81. The summed E-state index contributed by atoms with van der Waals surface area (Å²) in [5.41, 5.74) is 4.70. The Morgan fingerprint density at radius 2 is 1.72 bits per heavy atom. The molecule has 2 amide bonds. The quantitative estimate of drug-likeness (QED) is 0.206. The van der Waals surface area contributed by atoms with Gasteiger partial charge in [0.25, 0.3) is 11.8 Å². The Morgan fingerprint density at radius 1 is 0.978 bits per heavy atom. The summed E-state index contributed by atoms with van der Waals surface area (Å²) in [6.45, 7) is 7.24. The van der Waals surface area contributed by atoms with E-state index in [9.17, 15) is 23.5 Å². The molecule has 0 radical (unpaired) electrons. The van der Waals surface area contributed by atoms with Crippen molar-refractivity contribution in [3.05, 3.63) is 96.1 Å². The predicted molar refractivity (Wildman–Crippen MR) is 172 cm³/mol. The number of piperidine rings is 1. The first-order valence-corrected chi connectivity index (χ1v) is 15.0. The van der Waals surface area contributed by atoms with E-state index in [1.54, 1.807) is 75.6 Å². The van der Waals surface area contributed by atoms with Crippen molar-refractivity contribution in [1.82, 2.24) is 20.2 Å². The molecule has 1 aliphatic heterocycles. The number of alkyl carbamates (subject to hydrolysis) is 1. The monoisotopic (exact) mass is 629 g/mol. The number of carbonyl (C=O) groups is 2. The third-order valence-corrected chi connectivity index (χ3v) is 7.50. The normalized spacial score (nSPS) is 16.4. The van der Waals surface area contributed by atoms with E-state index in [2.05, 4.69) is 20.6 Å². The molecule has 0 saturated carbocycles. The molecule has 1 saturated heterocycles. The minimum Gasteiger partial charge on any atom is -0.508 e. The first-order valence-electron chi connectivity index (χ1n) is 15.0. The van der Waals surface area contributed by atoms with Crippen LogP contribution in [0, 0.1) is 6.92 Å². The van der Waals surface area contributed by atoms with Gasteiger partial charge in [0.1, 0.15) is 23.1 Å². The third-order valence-electron chi connectivity index (χ3n) is 7.50. The lowest BCUT2D eigenvalue weighted by Gasteiger charge is -2.38. The van der Waals surface area contributed by atoms with E-state index in [0.29, 0.717) is 12.2 Å². The molecule has 3 N–H and O–H groups in total. The maximum absolute atomic E-state index is 14.8. The van der Waals surface area contributed by atoms with E-state index in [1.807, 2.05) is 36.1 Å². The number of anilines is 1. The highest BCUT2D eigenvalue weighted by Gasteiger charge is 2.45. The van der Waals surface area contributed by atoms with Crippen molar-refractivity contribution < 1.29 is 28.2 Å². The summed E-state index contributed by atoms with van der Waals surface area (Å²) in [7, 11) is 0. The van der Waals surface area contributed by atoms with Crippen LogP contribution < -0.4 is 10.6 Å². The lowest BCUT2D eigenvalue weighted by Crippen LogP contribution is -2.58. The molecule has 11 heteroatoms. The molecular weight excluding hydrogens is 592 g/mol. The smallest absolute Gasteiger partial charge is 0.408 e. The van der Waals surface area contributed by atoms with E-state index in [0.717, 1.165) is 33.5 Å². The molecule has 0 bridgehead atoms. The zero-order valence-corrected chi connectivity index (χ0v) is 26.2. The number of halogens is 2. The first kappa shape index (κ1) is 32.5. The average molecular weight is 630 g/mol. The van der Waals surface area contributed by atoms with Gasteiger partial charge in [-0.05, 0) is 98.5 Å². The number of aryl methyl sites for hydroxylation is 1. The number of likely N-dealkylation sites (tertiary alicyclic amines) is 1. The van der Waals surface area contributed by atoms with Gasteiger partial charge < -0.3 is 20.5 Å². The Hall–Kier alpha value is -4.90. The second-order valence-electron chi connectivity index (χ2n) is 12.5. The zero-order chi connectivity index (χ0) is 33.1. The molecule has 1 aliphatic rings. The number of hydrogen-bond donors (Lipinski definition) is 3. The molecule has 0 aliphatic carbocycles. The van der Waals surface area contributed by atoms with Gasteiger partial charge in [-0.1, -0.05) is 18.2 Å². The zero-order valence-electron chi connectivity index (χ0n) is 26.2. The molecule has 9 nitrogen and oxygen atoms in total. The van der Waals surface area contributed by atoms with Crippen LogP contribution in [0.1, 0.15) is 48.9 Å². The minimum absolute atomic E-state index is 0.0851. The van der Waals surface area contributed by atoms with E-state index in [1.165, 1.54) is 0 Å². The summed E-state index contributed by atoms with van der Waals surface area (Å²) < 4.78 is 34.9. The van der Waals surface area contributed by atoms with Gasteiger partial charge in [0.15, 0.2) is 0 Å². The topological polar surface area (TPSA) is 117 Å². The van der Waals surface area contributed by atoms with E-state index in [4.69, 9.17) is 4.74 Å². The summed E-state index contributed by atoms with van der Waals surface area (Å²) in [6.07, 6.45) is 1.97. The number of alkyl halides is 2. The van der Waals surface area contributed by atoms with Crippen molar-refractivity contribution in [3.63, 3.8) is 0 Å². The van der Waals surface area contributed by atoms with Gasteiger partial charge in [0, 0.05) is 55.4 Å². The number of phenolic OH excluding ortho intramolecular Hbond substituents is 1. The molecule has 1 atom stereocenters. The second kappa shape index (κ2) is 13.2. The van der Waals surface area contributed by atoms with Gasteiger partial charge in [-0.15, -0.1) is 0 Å². The summed E-state index contributed by atoms with van der Waals surface area (Å²) in [5.74, 6) is -3.38. The summed E-state index contributed by atoms with van der Waals surface area (Å²) in [6, 6.07) is 18.1. The number of phenols is 1. The van der Waals surface area contributed by atoms with Crippen molar-refractivity contribution in [2.45, 2.75) is 58.2 Å². The largest absolute Gasteiger partial charge is 0.508 e. The maximum atomic E-state index is 14.8. The molecule has 0 spiro atoms. The van der Waals surface area contributed by atoms with Crippen LogP contribution in [0.15, 0.2) is 79.1 Å². The molecular formula is C35H37F2N5O4. The van der Waals surface area contributed by atoms with E-state index in [-0.39, 0.29) is 24.5 Å². The number of carbonyl (C=O) groups excluding carboxylic acids is 2. The number of nitrogens with one attached hydrogen (secondary N) is 2. The number of aromatic hydroxyl groups is 1. The number of amides is 2. The van der Waals surface area contributed by atoms with Gasteiger partial charge in [0.05, 0.1) is 0 Å². The van der Waals surface area contributed by atoms with Crippen molar-refractivity contribution in [3.8, 4) is 28.0 Å². The van der Waals surface area contributed by atoms with Crippen LogP contribution >= 0.6 is 0 Å². The van der Waals surface area contributed by atoms with Crippen LogP contribution in [0.5, 0.6) is 5.75 Å². The van der Waals surface area contributed by atoms with Crippen molar-refractivity contribution in [2.24, 2.45) is 0 Å². The Balaban J connectivity index is 1.38. The molecule has 46 heavy (non-hydrogen) atoms. The molecule has 5 rings (SSSR count). The first-order chi connectivity index (χ1) is 21.7. The van der Waals surface area contributed by atoms with Gasteiger partial charge in [-0.25, -0.2) is 13.6 Å². The van der Waals surface area contributed by atoms with Gasteiger partial charge in [0.2, 0.25) is 0 Å². The number of ether oxygens (including phenoxy) is 1. The molecule has 4 aromatic rings. The van der Waals surface area contributed by atoms with Crippen LogP contribution in [0.3, 0.4) is 0 Å². The summed E-state index contributed by atoms with van der Waals surface area (Å²) in [5, 5.41) is 14.9. The van der Waals surface area contributed by atoms with E-state index >= 15 is 0 Å². The number of rotatable bonds is 7. The number of benzene rings is 2. The third kappa shape index (κ3) is 8.42. The molecule has 1 fully saturated rings. The number of pyridine rings is 2. The maximum Gasteiger partial charge on any atom is 0.408 e. The lowest BCUT2D eigenvalue weighted by atomic mass is 9.99. The Labute approximate surface area is 266 Å². The van der Waals surface area contributed by atoms with Crippen LogP contribution in [-0.4, -0.2) is 62.6 Å². The van der Waals surface area contributed by atoms with Gasteiger partial charge >= 0.3 is 6.09 Å². The molecule has 2 aromatic carbocycles. The Kier molecular flexibility index (Phi) is 9.34. The highest BCUT2D eigenvalue weighted by molar-refractivity contribution is 6.03. The highest BCUT2D eigenvalue weighted by atomic mass is 19.3. The van der Waals surface area contributed by atoms with Crippen molar-refractivity contribution in [2.75, 3.05) is 18.4 Å². The number of aromatic nitrogens is 2. The fourth-order valence-corrected chi connectivity index (χ4v) is 5.21. The Morgan fingerprint density at radius 3 is 2.41 bits per heavy atom. The standard InChI is InChI=1S/C35H37F2N5O4/c1-22-5-6-26(19-39-22)27-15-23(20-42-14-12-35(36,37)31(21-42)41-33(45)46-34(2,3)4)16-28(17-27)40-32(44)30-18-25(11-13-38-30)24-7-9-29(43)10-8-24/h5-11,13,15-19,31,43H,12,14,20-21H2,1-4H3,(H,40,44)(H,41,45)/t31-/m1/s1. The molecule has 240 valence electrons. The number of nitrogens with zero attached hydrogens (tertiary/aromatic N) is 3. The van der Waals surface area contributed by atoms with E-state index < -0.39 is 36.0 Å². The fraction of sp³-hybridized carbons (Fsp3) is 0.314. The van der Waals surface area contributed by atoms with Crippen LogP contribution in [0.25, 0.3) is 22.3 Å². The second-order valence-corrected chi connectivity index (χ2v) is 12.5. The summed E-state index contributed by atoms with van der Waals surface area (Å²) >= 11 is 0. The summed E-state index contributed by atoms with van der Waals surface area (Å²) in [4.78, 5) is 36.2. The Bertz CT molecular complexity index is 1710. The van der Waals surface area contributed by atoms with Gasteiger partial charge in [-0.2, -0.15) is 0 Å². The number of hydrogen-bond acceptors (Lipinski definition) is 7. The van der Waals surface area contributed by atoms with Crippen LogP contribution in [0.4, 0.5) is 19.3 Å². The van der Waals surface area contributed by atoms with Crippen molar-refractivity contribution >= 4 is 17.7 Å². The molecule has 3 heterocycles. The van der Waals surface area contributed by atoms with Crippen LogP contribution in [0.2, 0.25) is 0 Å². The average Bonchev–Trinajstić information content (AvgIpc) is 2.99. The van der Waals surface area contributed by atoms with Crippen molar-refractivity contribution in [1.29, 1.82) is 0 Å². The molecule has 0 unspecified atom stereocenters. The SMILES string of the molecule is Cc1ccc(-c2cc(CN3CCC(F)(F)[C@H](NC(=O)OC(C)(C)C)C3)cc(NC(=O)c3cc(-c4ccc(O)cc4)ccn3)c2)cn1.